The van der Waals surface area contributed by atoms with Gasteiger partial charge in [0.15, 0.2) is 0 Å². The topological polar surface area (TPSA) is 3.24 Å². The maximum Gasteiger partial charge on any atom is 0.00216 e. The van der Waals surface area contributed by atoms with Crippen LogP contribution < -0.4 is 0 Å². The smallest absolute Gasteiger partial charge is 0.00216 e. The first-order valence-corrected chi connectivity index (χ1v) is 7.30. The maximum absolute atomic E-state index is 2.52. The molecule has 0 amide bonds. The lowest BCUT2D eigenvalue weighted by molar-refractivity contribution is 0.0244. The standard InChI is InChI=1S/C15H29N/c1-5-13-7-6-11(2)15(8-13)12(3)14-9-16(4)10-14/h11-15H,5-10H2,1-4H3/t11-,12-,13?,15?/m1/s1. The van der Waals surface area contributed by atoms with Crippen molar-refractivity contribution in [2.45, 2.75) is 46.5 Å². The van der Waals surface area contributed by atoms with E-state index in [2.05, 4.69) is 32.7 Å². The van der Waals surface area contributed by atoms with Crippen molar-refractivity contribution in [1.29, 1.82) is 0 Å². The van der Waals surface area contributed by atoms with Crippen LogP contribution in [0.3, 0.4) is 0 Å². The monoisotopic (exact) mass is 223 g/mol. The largest absolute Gasteiger partial charge is 0.306 e. The second-order valence-corrected chi connectivity index (χ2v) is 6.57. The van der Waals surface area contributed by atoms with Crippen LogP contribution in [0.5, 0.6) is 0 Å². The first-order chi connectivity index (χ1) is 7.61. The van der Waals surface area contributed by atoms with Gasteiger partial charge in [-0.05, 0) is 43.1 Å². The van der Waals surface area contributed by atoms with E-state index in [1.165, 1.54) is 38.8 Å². The van der Waals surface area contributed by atoms with Gasteiger partial charge < -0.3 is 4.90 Å². The van der Waals surface area contributed by atoms with Gasteiger partial charge in [-0.1, -0.05) is 40.0 Å². The van der Waals surface area contributed by atoms with Crippen LogP contribution in [-0.2, 0) is 0 Å². The minimum Gasteiger partial charge on any atom is -0.306 e. The summed E-state index contributed by atoms with van der Waals surface area (Å²) in [6.45, 7) is 10.1. The van der Waals surface area contributed by atoms with Crippen LogP contribution in [-0.4, -0.2) is 25.0 Å². The fourth-order valence-corrected chi connectivity index (χ4v) is 3.98. The summed E-state index contributed by atoms with van der Waals surface area (Å²) >= 11 is 0. The quantitative estimate of drug-likeness (QED) is 0.706. The summed E-state index contributed by atoms with van der Waals surface area (Å²) in [5.74, 6) is 4.97. The molecule has 0 radical (unpaired) electrons. The molecule has 1 heterocycles. The molecular formula is C15H29N. The van der Waals surface area contributed by atoms with Crippen molar-refractivity contribution in [3.63, 3.8) is 0 Å². The van der Waals surface area contributed by atoms with Gasteiger partial charge in [-0.15, -0.1) is 0 Å². The van der Waals surface area contributed by atoms with Gasteiger partial charge in [0.1, 0.15) is 0 Å². The van der Waals surface area contributed by atoms with E-state index < -0.39 is 0 Å². The minimum absolute atomic E-state index is 0.959. The fraction of sp³-hybridized carbons (Fsp3) is 1.00. The number of nitrogens with zero attached hydrogens (tertiary/aromatic N) is 1. The summed E-state index contributed by atoms with van der Waals surface area (Å²) in [7, 11) is 2.25. The van der Waals surface area contributed by atoms with Crippen molar-refractivity contribution in [2.75, 3.05) is 20.1 Å². The molecule has 0 aromatic heterocycles. The minimum atomic E-state index is 0.959. The predicted octanol–water partition coefficient (Wildman–Crippen LogP) is 3.65. The van der Waals surface area contributed by atoms with Gasteiger partial charge in [0, 0.05) is 13.1 Å². The number of likely N-dealkylation sites (tertiary alicyclic amines) is 1. The summed E-state index contributed by atoms with van der Waals surface area (Å²) in [5, 5.41) is 0. The Morgan fingerprint density at radius 3 is 2.50 bits per heavy atom. The molecule has 94 valence electrons. The van der Waals surface area contributed by atoms with Crippen molar-refractivity contribution < 1.29 is 0 Å². The Hall–Kier alpha value is -0.0400. The average molecular weight is 223 g/mol. The zero-order valence-corrected chi connectivity index (χ0v) is 11.6. The lowest BCUT2D eigenvalue weighted by atomic mass is 9.65. The summed E-state index contributed by atoms with van der Waals surface area (Å²) in [6, 6.07) is 0. The molecule has 1 nitrogen and oxygen atoms in total. The van der Waals surface area contributed by atoms with Gasteiger partial charge in [0.05, 0.1) is 0 Å². The van der Waals surface area contributed by atoms with E-state index in [0.29, 0.717) is 0 Å². The van der Waals surface area contributed by atoms with E-state index in [4.69, 9.17) is 0 Å². The highest BCUT2D eigenvalue weighted by molar-refractivity contribution is 4.89. The van der Waals surface area contributed by atoms with Gasteiger partial charge in [-0.2, -0.15) is 0 Å². The van der Waals surface area contributed by atoms with Crippen molar-refractivity contribution in [3.05, 3.63) is 0 Å². The Kier molecular flexibility index (Phi) is 3.94. The molecule has 16 heavy (non-hydrogen) atoms. The lowest BCUT2D eigenvalue weighted by Crippen LogP contribution is -2.49. The molecule has 4 atom stereocenters. The van der Waals surface area contributed by atoms with Crippen molar-refractivity contribution in [3.8, 4) is 0 Å². The van der Waals surface area contributed by atoms with Crippen molar-refractivity contribution >= 4 is 0 Å². The van der Waals surface area contributed by atoms with Crippen LogP contribution in [0.15, 0.2) is 0 Å². The van der Waals surface area contributed by atoms with E-state index in [-0.39, 0.29) is 0 Å². The molecule has 1 saturated carbocycles. The van der Waals surface area contributed by atoms with Crippen LogP contribution >= 0.6 is 0 Å². The normalized spacial score (nSPS) is 39.4. The van der Waals surface area contributed by atoms with Crippen LogP contribution in [0.1, 0.15) is 46.5 Å². The Labute approximate surface area is 102 Å². The van der Waals surface area contributed by atoms with E-state index in [9.17, 15) is 0 Å². The molecule has 0 spiro atoms. The number of rotatable bonds is 3. The highest BCUT2D eigenvalue weighted by atomic mass is 15.2. The number of hydrogen-bond acceptors (Lipinski definition) is 1. The summed E-state index contributed by atoms with van der Waals surface area (Å²) in [6.07, 6.45) is 5.89. The van der Waals surface area contributed by atoms with E-state index in [1.54, 1.807) is 0 Å². The Bertz CT molecular complexity index is 219. The first-order valence-electron chi connectivity index (χ1n) is 7.30. The van der Waals surface area contributed by atoms with Crippen molar-refractivity contribution in [1.82, 2.24) is 4.90 Å². The molecule has 2 fully saturated rings. The molecule has 0 bridgehead atoms. The Morgan fingerprint density at radius 2 is 1.94 bits per heavy atom. The third-order valence-corrected chi connectivity index (χ3v) is 5.46. The second-order valence-electron chi connectivity index (χ2n) is 6.57. The molecular weight excluding hydrogens is 194 g/mol. The average Bonchev–Trinajstić information content (AvgIpc) is 2.25. The van der Waals surface area contributed by atoms with Crippen molar-refractivity contribution in [2.24, 2.45) is 29.6 Å². The Balaban J connectivity index is 1.90. The molecule has 1 aliphatic carbocycles. The fourth-order valence-electron chi connectivity index (χ4n) is 3.98. The van der Waals surface area contributed by atoms with Crippen LogP contribution in [0.4, 0.5) is 0 Å². The van der Waals surface area contributed by atoms with Crippen LogP contribution in [0, 0.1) is 29.6 Å². The van der Waals surface area contributed by atoms with Crippen LogP contribution in [0.25, 0.3) is 0 Å². The lowest BCUT2D eigenvalue weighted by Gasteiger charge is -2.46. The van der Waals surface area contributed by atoms with Crippen LogP contribution in [0.2, 0.25) is 0 Å². The summed E-state index contributed by atoms with van der Waals surface area (Å²) < 4.78 is 0. The summed E-state index contributed by atoms with van der Waals surface area (Å²) in [5.41, 5.74) is 0. The zero-order valence-electron chi connectivity index (χ0n) is 11.6. The molecule has 0 aromatic carbocycles. The molecule has 0 aromatic rings. The predicted molar refractivity (Wildman–Crippen MR) is 70.4 cm³/mol. The molecule has 1 aliphatic heterocycles. The molecule has 1 saturated heterocycles. The zero-order chi connectivity index (χ0) is 11.7. The SMILES string of the molecule is CCC1CC[C@@H](C)C([C@H](C)C2CN(C)C2)C1. The van der Waals surface area contributed by atoms with E-state index in [0.717, 1.165) is 29.6 Å². The second kappa shape index (κ2) is 5.08. The molecule has 2 rings (SSSR count). The summed E-state index contributed by atoms with van der Waals surface area (Å²) in [4.78, 5) is 2.46. The van der Waals surface area contributed by atoms with Gasteiger partial charge in [-0.3, -0.25) is 0 Å². The van der Waals surface area contributed by atoms with Gasteiger partial charge in [0.2, 0.25) is 0 Å². The Morgan fingerprint density at radius 1 is 1.25 bits per heavy atom. The molecule has 2 unspecified atom stereocenters. The highest BCUT2D eigenvalue weighted by Crippen LogP contribution is 2.43. The van der Waals surface area contributed by atoms with E-state index in [1.807, 2.05) is 0 Å². The molecule has 2 aliphatic rings. The first kappa shape index (κ1) is 12.4. The third-order valence-electron chi connectivity index (χ3n) is 5.46. The maximum atomic E-state index is 2.52. The highest BCUT2D eigenvalue weighted by Gasteiger charge is 2.37. The number of hydrogen-bond donors (Lipinski definition) is 0. The van der Waals surface area contributed by atoms with E-state index >= 15 is 0 Å². The third kappa shape index (κ3) is 2.45. The van der Waals surface area contributed by atoms with Gasteiger partial charge in [0.25, 0.3) is 0 Å². The molecule has 0 N–H and O–H groups in total. The van der Waals surface area contributed by atoms with Gasteiger partial charge in [-0.25, -0.2) is 0 Å². The van der Waals surface area contributed by atoms with Gasteiger partial charge >= 0.3 is 0 Å². The molecule has 1 heteroatoms.